The van der Waals surface area contributed by atoms with Crippen molar-refractivity contribution in [2.75, 3.05) is 24.5 Å². The Kier molecular flexibility index (Phi) is 4.85. The van der Waals surface area contributed by atoms with Crippen molar-refractivity contribution in [3.8, 4) is 0 Å². The van der Waals surface area contributed by atoms with Gasteiger partial charge in [-0.3, -0.25) is 4.79 Å². The highest BCUT2D eigenvalue weighted by Gasteiger charge is 2.37. The van der Waals surface area contributed by atoms with Crippen LogP contribution in [-0.4, -0.2) is 47.7 Å². The maximum absolute atomic E-state index is 13.9. The summed E-state index contributed by atoms with van der Waals surface area (Å²) >= 11 is 0. The van der Waals surface area contributed by atoms with Crippen molar-refractivity contribution in [1.29, 1.82) is 0 Å². The number of aliphatic hydroxyl groups is 1. The number of hydrogen-bond donors (Lipinski definition) is 1. The van der Waals surface area contributed by atoms with Gasteiger partial charge in [0.05, 0.1) is 17.7 Å². The molecule has 0 bridgehead atoms. The van der Waals surface area contributed by atoms with E-state index < -0.39 is 0 Å². The fourth-order valence-corrected chi connectivity index (χ4v) is 3.89. The molecule has 2 saturated heterocycles. The monoisotopic (exact) mass is 320 g/mol. The molecule has 5 heteroatoms. The number of nitrogens with zero attached hydrogens (tertiary/aromatic N) is 2. The lowest BCUT2D eigenvalue weighted by molar-refractivity contribution is -0.136. The number of amides is 1. The Labute approximate surface area is 136 Å². The van der Waals surface area contributed by atoms with E-state index in [0.29, 0.717) is 25.2 Å². The molecule has 126 valence electrons. The molecule has 23 heavy (non-hydrogen) atoms. The van der Waals surface area contributed by atoms with Gasteiger partial charge in [0.2, 0.25) is 5.91 Å². The lowest BCUT2D eigenvalue weighted by atomic mass is 10.0. The summed E-state index contributed by atoms with van der Waals surface area (Å²) in [5.74, 6) is -0.120. The van der Waals surface area contributed by atoms with Crippen LogP contribution in [0.4, 0.5) is 10.1 Å². The molecule has 0 radical (unpaired) electrons. The molecular weight excluding hydrogens is 295 g/mol. The summed E-state index contributed by atoms with van der Waals surface area (Å²) in [6.45, 7) is 3.85. The molecule has 2 aliphatic heterocycles. The first-order valence-corrected chi connectivity index (χ1v) is 8.54. The summed E-state index contributed by atoms with van der Waals surface area (Å²) in [5.41, 5.74) is 0.588. The van der Waals surface area contributed by atoms with E-state index in [2.05, 4.69) is 0 Å². The highest BCUT2D eigenvalue weighted by Crippen LogP contribution is 2.30. The zero-order chi connectivity index (χ0) is 16.4. The molecule has 3 rings (SSSR count). The molecule has 2 aliphatic rings. The second-order valence-corrected chi connectivity index (χ2v) is 6.80. The van der Waals surface area contributed by atoms with Crippen molar-refractivity contribution in [3.05, 3.63) is 30.1 Å². The molecule has 1 N–H and O–H groups in total. The van der Waals surface area contributed by atoms with Gasteiger partial charge in [0, 0.05) is 25.7 Å². The summed E-state index contributed by atoms with van der Waals surface area (Å²) in [6, 6.07) is 6.90. The van der Waals surface area contributed by atoms with Gasteiger partial charge in [0.15, 0.2) is 0 Å². The van der Waals surface area contributed by atoms with E-state index in [9.17, 15) is 14.3 Å². The van der Waals surface area contributed by atoms with Crippen molar-refractivity contribution < 1.29 is 14.3 Å². The van der Waals surface area contributed by atoms with Gasteiger partial charge in [0.25, 0.3) is 0 Å². The molecule has 0 aliphatic carbocycles. The van der Waals surface area contributed by atoms with Gasteiger partial charge < -0.3 is 14.9 Å². The smallest absolute Gasteiger partial charge is 0.227 e. The van der Waals surface area contributed by atoms with Crippen LogP contribution in [0.1, 0.15) is 32.6 Å². The SMILES string of the molecule is CC(O)CC1CCCN1C(=O)C1CCN(c2ccccc2F)C1. The fourth-order valence-electron chi connectivity index (χ4n) is 3.89. The van der Waals surface area contributed by atoms with Crippen LogP contribution >= 0.6 is 0 Å². The average Bonchev–Trinajstić information content (AvgIpc) is 3.16. The summed E-state index contributed by atoms with van der Waals surface area (Å²) in [4.78, 5) is 16.7. The number of carbonyl (C=O) groups is 1. The number of likely N-dealkylation sites (tertiary alicyclic amines) is 1. The Hall–Kier alpha value is -1.62. The molecule has 1 aromatic rings. The maximum atomic E-state index is 13.9. The molecule has 0 aromatic heterocycles. The number of benzene rings is 1. The van der Waals surface area contributed by atoms with Crippen molar-refractivity contribution in [3.63, 3.8) is 0 Å². The van der Waals surface area contributed by atoms with Gasteiger partial charge in [-0.1, -0.05) is 12.1 Å². The quantitative estimate of drug-likeness (QED) is 0.926. The maximum Gasteiger partial charge on any atom is 0.227 e. The van der Waals surface area contributed by atoms with Crippen LogP contribution in [0.25, 0.3) is 0 Å². The van der Waals surface area contributed by atoms with E-state index in [-0.39, 0.29) is 29.8 Å². The largest absolute Gasteiger partial charge is 0.393 e. The van der Waals surface area contributed by atoms with Gasteiger partial charge in [-0.25, -0.2) is 4.39 Å². The Morgan fingerprint density at radius 3 is 2.87 bits per heavy atom. The predicted molar refractivity (Wildman–Crippen MR) is 87.8 cm³/mol. The normalized spacial score (nSPS) is 25.9. The summed E-state index contributed by atoms with van der Waals surface area (Å²) < 4.78 is 13.9. The highest BCUT2D eigenvalue weighted by atomic mass is 19.1. The van der Waals surface area contributed by atoms with E-state index >= 15 is 0 Å². The molecule has 0 spiro atoms. The zero-order valence-electron chi connectivity index (χ0n) is 13.6. The Morgan fingerprint density at radius 1 is 1.35 bits per heavy atom. The number of halogens is 1. The van der Waals surface area contributed by atoms with E-state index in [1.807, 2.05) is 15.9 Å². The van der Waals surface area contributed by atoms with Gasteiger partial charge in [-0.05, 0) is 44.7 Å². The fraction of sp³-hybridized carbons (Fsp3) is 0.611. The summed E-state index contributed by atoms with van der Waals surface area (Å²) in [5, 5.41) is 9.61. The zero-order valence-corrected chi connectivity index (χ0v) is 13.6. The van der Waals surface area contributed by atoms with Gasteiger partial charge in [0.1, 0.15) is 5.82 Å². The van der Waals surface area contributed by atoms with E-state index in [1.165, 1.54) is 6.07 Å². The molecular formula is C18H25FN2O2. The summed E-state index contributed by atoms with van der Waals surface area (Å²) in [7, 11) is 0. The van der Waals surface area contributed by atoms with Crippen LogP contribution in [0.5, 0.6) is 0 Å². The predicted octanol–water partition coefficient (Wildman–Crippen LogP) is 2.41. The van der Waals surface area contributed by atoms with Crippen molar-refractivity contribution in [2.45, 2.75) is 44.8 Å². The topological polar surface area (TPSA) is 43.8 Å². The molecule has 4 nitrogen and oxygen atoms in total. The van der Waals surface area contributed by atoms with Crippen LogP contribution in [0.2, 0.25) is 0 Å². The first-order valence-electron chi connectivity index (χ1n) is 8.54. The molecule has 2 heterocycles. The average molecular weight is 320 g/mol. The van der Waals surface area contributed by atoms with Gasteiger partial charge >= 0.3 is 0 Å². The number of rotatable bonds is 4. The van der Waals surface area contributed by atoms with Crippen molar-refractivity contribution in [2.24, 2.45) is 5.92 Å². The Bertz CT molecular complexity index is 564. The highest BCUT2D eigenvalue weighted by molar-refractivity contribution is 5.81. The van der Waals surface area contributed by atoms with Gasteiger partial charge in [-0.2, -0.15) is 0 Å². The lowest BCUT2D eigenvalue weighted by Gasteiger charge is -2.28. The molecule has 0 saturated carbocycles. The third-order valence-corrected chi connectivity index (χ3v) is 5.00. The number of carbonyl (C=O) groups excluding carboxylic acids is 1. The van der Waals surface area contributed by atoms with E-state index in [0.717, 1.165) is 25.8 Å². The van der Waals surface area contributed by atoms with Gasteiger partial charge in [-0.15, -0.1) is 0 Å². The Balaban J connectivity index is 1.64. The number of hydrogen-bond acceptors (Lipinski definition) is 3. The third-order valence-electron chi connectivity index (χ3n) is 5.00. The third kappa shape index (κ3) is 3.50. The molecule has 2 fully saturated rings. The Morgan fingerprint density at radius 2 is 2.13 bits per heavy atom. The summed E-state index contributed by atoms with van der Waals surface area (Å²) in [6.07, 6.45) is 3.01. The second-order valence-electron chi connectivity index (χ2n) is 6.80. The van der Waals surface area contributed by atoms with Crippen LogP contribution in [-0.2, 0) is 4.79 Å². The lowest BCUT2D eigenvalue weighted by Crippen LogP contribution is -2.41. The number of para-hydroxylation sites is 1. The molecule has 3 unspecified atom stereocenters. The second kappa shape index (κ2) is 6.87. The molecule has 1 aromatic carbocycles. The van der Waals surface area contributed by atoms with Crippen LogP contribution < -0.4 is 4.90 Å². The standard InChI is InChI=1S/C18H25FN2O2/c1-13(22)11-15-5-4-9-21(15)18(23)14-8-10-20(12-14)17-7-3-2-6-16(17)19/h2-3,6-7,13-15,22H,4-5,8-12H2,1H3. The van der Waals surface area contributed by atoms with Crippen LogP contribution in [0.15, 0.2) is 24.3 Å². The van der Waals surface area contributed by atoms with Crippen LogP contribution in [0.3, 0.4) is 0 Å². The first kappa shape index (κ1) is 16.2. The van der Waals surface area contributed by atoms with Crippen molar-refractivity contribution >= 4 is 11.6 Å². The van der Waals surface area contributed by atoms with Crippen LogP contribution in [0, 0.1) is 11.7 Å². The molecule has 3 atom stereocenters. The first-order chi connectivity index (χ1) is 11.1. The van der Waals surface area contributed by atoms with E-state index in [4.69, 9.17) is 0 Å². The molecule has 1 amide bonds. The minimum atomic E-state index is -0.383. The minimum absolute atomic E-state index is 0.0656. The number of aliphatic hydroxyl groups excluding tert-OH is 1. The van der Waals surface area contributed by atoms with E-state index in [1.54, 1.807) is 19.1 Å². The number of anilines is 1. The minimum Gasteiger partial charge on any atom is -0.393 e. The van der Waals surface area contributed by atoms with Crippen molar-refractivity contribution in [1.82, 2.24) is 4.90 Å².